The molecule has 1 fully saturated rings. The standard InChI is InChI=1S/C13H17NO2/c1-3-12(15)10-4-6-11(7-5-10)14-8-13(2,16)9-14/h4-7,16H,3,8-9H2,1-2H3. The average Bonchev–Trinajstić information content (AvgIpc) is 2.25. The van der Waals surface area contributed by atoms with Crippen molar-refractivity contribution in [3.63, 3.8) is 0 Å². The first kappa shape index (κ1) is 11.1. The zero-order valence-electron chi connectivity index (χ0n) is 9.73. The van der Waals surface area contributed by atoms with Crippen molar-refractivity contribution >= 4 is 11.5 Å². The molecule has 1 aromatic carbocycles. The van der Waals surface area contributed by atoms with Crippen molar-refractivity contribution in [1.82, 2.24) is 0 Å². The Hall–Kier alpha value is -1.35. The van der Waals surface area contributed by atoms with Crippen LogP contribution in [0.5, 0.6) is 0 Å². The lowest BCUT2D eigenvalue weighted by molar-refractivity contribution is 0.0310. The SMILES string of the molecule is CCC(=O)c1ccc(N2CC(C)(O)C2)cc1. The number of anilines is 1. The van der Waals surface area contributed by atoms with Crippen LogP contribution in [0.15, 0.2) is 24.3 Å². The summed E-state index contributed by atoms with van der Waals surface area (Å²) in [7, 11) is 0. The van der Waals surface area contributed by atoms with Crippen LogP contribution in [0, 0.1) is 0 Å². The van der Waals surface area contributed by atoms with Gasteiger partial charge in [-0.05, 0) is 31.2 Å². The summed E-state index contributed by atoms with van der Waals surface area (Å²) in [6.45, 7) is 5.02. The van der Waals surface area contributed by atoms with Crippen molar-refractivity contribution in [3.8, 4) is 0 Å². The summed E-state index contributed by atoms with van der Waals surface area (Å²) in [6.07, 6.45) is 0.539. The predicted octanol–water partition coefficient (Wildman–Crippen LogP) is 1.85. The number of hydrogen-bond donors (Lipinski definition) is 1. The van der Waals surface area contributed by atoms with E-state index in [1.165, 1.54) is 0 Å². The summed E-state index contributed by atoms with van der Waals surface area (Å²) in [5.74, 6) is 0.169. The molecule has 0 aromatic heterocycles. The van der Waals surface area contributed by atoms with Crippen LogP contribution in [-0.4, -0.2) is 29.6 Å². The third-order valence-electron chi connectivity index (χ3n) is 2.94. The summed E-state index contributed by atoms with van der Waals surface area (Å²) in [4.78, 5) is 13.5. The second kappa shape index (κ2) is 3.91. The molecule has 1 saturated heterocycles. The fourth-order valence-electron chi connectivity index (χ4n) is 2.02. The highest BCUT2D eigenvalue weighted by molar-refractivity contribution is 5.96. The first-order valence-electron chi connectivity index (χ1n) is 5.62. The van der Waals surface area contributed by atoms with Crippen molar-refractivity contribution in [1.29, 1.82) is 0 Å². The molecule has 0 aliphatic carbocycles. The van der Waals surface area contributed by atoms with Gasteiger partial charge in [0.2, 0.25) is 0 Å². The summed E-state index contributed by atoms with van der Waals surface area (Å²) in [6, 6.07) is 7.60. The van der Waals surface area contributed by atoms with Gasteiger partial charge in [0, 0.05) is 30.8 Å². The molecule has 0 unspecified atom stereocenters. The van der Waals surface area contributed by atoms with Crippen molar-refractivity contribution in [2.45, 2.75) is 25.9 Å². The van der Waals surface area contributed by atoms with Gasteiger partial charge in [-0.1, -0.05) is 6.92 Å². The normalized spacial score (nSPS) is 18.1. The lowest BCUT2D eigenvalue weighted by Gasteiger charge is -2.45. The van der Waals surface area contributed by atoms with Gasteiger partial charge in [0.05, 0.1) is 5.60 Å². The minimum Gasteiger partial charge on any atom is -0.386 e. The van der Waals surface area contributed by atoms with E-state index in [1.54, 1.807) is 0 Å². The molecule has 16 heavy (non-hydrogen) atoms. The maximum absolute atomic E-state index is 11.4. The Kier molecular flexibility index (Phi) is 2.72. The number of ketones is 1. The van der Waals surface area contributed by atoms with Crippen LogP contribution >= 0.6 is 0 Å². The molecule has 1 aliphatic rings. The van der Waals surface area contributed by atoms with Crippen molar-refractivity contribution in [2.75, 3.05) is 18.0 Å². The molecule has 0 radical (unpaired) electrons. The zero-order valence-corrected chi connectivity index (χ0v) is 9.73. The number of aliphatic hydroxyl groups is 1. The first-order valence-corrected chi connectivity index (χ1v) is 5.62. The fraction of sp³-hybridized carbons (Fsp3) is 0.462. The second-order valence-corrected chi connectivity index (χ2v) is 4.68. The van der Waals surface area contributed by atoms with E-state index >= 15 is 0 Å². The number of benzene rings is 1. The minimum absolute atomic E-state index is 0.169. The van der Waals surface area contributed by atoms with E-state index in [4.69, 9.17) is 0 Å². The van der Waals surface area contributed by atoms with Crippen LogP contribution in [0.2, 0.25) is 0 Å². The van der Waals surface area contributed by atoms with E-state index in [0.717, 1.165) is 11.3 Å². The van der Waals surface area contributed by atoms with E-state index in [9.17, 15) is 9.90 Å². The Labute approximate surface area is 95.7 Å². The summed E-state index contributed by atoms with van der Waals surface area (Å²) in [5, 5.41) is 9.63. The van der Waals surface area contributed by atoms with E-state index in [1.807, 2.05) is 38.1 Å². The molecule has 0 amide bonds. The first-order chi connectivity index (χ1) is 7.52. The zero-order chi connectivity index (χ0) is 11.8. The van der Waals surface area contributed by atoms with Gasteiger partial charge in [0.1, 0.15) is 0 Å². The monoisotopic (exact) mass is 219 g/mol. The molecule has 1 N–H and O–H groups in total. The molecule has 86 valence electrons. The van der Waals surface area contributed by atoms with Crippen LogP contribution in [0.1, 0.15) is 30.6 Å². The van der Waals surface area contributed by atoms with Crippen LogP contribution in [0.25, 0.3) is 0 Å². The lowest BCUT2D eigenvalue weighted by Crippen LogP contribution is -2.60. The van der Waals surface area contributed by atoms with Gasteiger partial charge in [0.15, 0.2) is 5.78 Å². The average molecular weight is 219 g/mol. The number of rotatable bonds is 3. The molecule has 2 rings (SSSR count). The lowest BCUT2D eigenvalue weighted by atomic mass is 9.96. The predicted molar refractivity (Wildman–Crippen MR) is 63.9 cm³/mol. The van der Waals surface area contributed by atoms with Gasteiger partial charge in [-0.15, -0.1) is 0 Å². The number of hydrogen-bond acceptors (Lipinski definition) is 3. The molecule has 0 saturated carbocycles. The molecule has 3 nitrogen and oxygen atoms in total. The van der Waals surface area contributed by atoms with E-state index in [2.05, 4.69) is 4.90 Å². The number of carbonyl (C=O) groups excluding carboxylic acids is 1. The molecular weight excluding hydrogens is 202 g/mol. The fourth-order valence-corrected chi connectivity index (χ4v) is 2.02. The van der Waals surface area contributed by atoms with Gasteiger partial charge in [-0.25, -0.2) is 0 Å². The maximum atomic E-state index is 11.4. The van der Waals surface area contributed by atoms with Gasteiger partial charge >= 0.3 is 0 Å². The highest BCUT2D eigenvalue weighted by atomic mass is 16.3. The molecule has 0 spiro atoms. The third-order valence-corrected chi connectivity index (χ3v) is 2.94. The van der Waals surface area contributed by atoms with E-state index in [-0.39, 0.29) is 5.78 Å². The largest absolute Gasteiger partial charge is 0.386 e. The summed E-state index contributed by atoms with van der Waals surface area (Å²) < 4.78 is 0. The quantitative estimate of drug-likeness (QED) is 0.789. The second-order valence-electron chi connectivity index (χ2n) is 4.68. The Bertz CT molecular complexity index is 387. The number of Topliss-reactive ketones (excluding diaryl/α,β-unsaturated/α-hetero) is 1. The Balaban J connectivity index is 2.06. The number of β-amino-alcohol motifs (C(OH)–C–C–N with tert-alkyl or cyclic N) is 1. The molecular formula is C13H17NO2. The van der Waals surface area contributed by atoms with E-state index < -0.39 is 5.60 Å². The Morgan fingerprint density at radius 3 is 2.38 bits per heavy atom. The molecule has 3 heteroatoms. The third kappa shape index (κ3) is 2.09. The number of carbonyl (C=O) groups is 1. The minimum atomic E-state index is -0.558. The highest BCUT2D eigenvalue weighted by Gasteiger charge is 2.36. The number of nitrogens with zero attached hydrogens (tertiary/aromatic N) is 1. The van der Waals surface area contributed by atoms with Gasteiger partial charge in [-0.3, -0.25) is 4.79 Å². The highest BCUT2D eigenvalue weighted by Crippen LogP contribution is 2.27. The Morgan fingerprint density at radius 2 is 1.94 bits per heavy atom. The smallest absolute Gasteiger partial charge is 0.162 e. The van der Waals surface area contributed by atoms with Crippen LogP contribution in [0.4, 0.5) is 5.69 Å². The van der Waals surface area contributed by atoms with Crippen molar-refractivity contribution in [3.05, 3.63) is 29.8 Å². The van der Waals surface area contributed by atoms with Gasteiger partial charge < -0.3 is 10.0 Å². The van der Waals surface area contributed by atoms with Gasteiger partial charge in [-0.2, -0.15) is 0 Å². The van der Waals surface area contributed by atoms with Crippen molar-refractivity contribution < 1.29 is 9.90 Å². The van der Waals surface area contributed by atoms with Crippen LogP contribution < -0.4 is 4.90 Å². The summed E-state index contributed by atoms with van der Waals surface area (Å²) >= 11 is 0. The maximum Gasteiger partial charge on any atom is 0.162 e. The van der Waals surface area contributed by atoms with Gasteiger partial charge in [0.25, 0.3) is 0 Å². The topological polar surface area (TPSA) is 40.5 Å². The Morgan fingerprint density at radius 1 is 1.38 bits per heavy atom. The van der Waals surface area contributed by atoms with E-state index in [0.29, 0.717) is 19.5 Å². The molecule has 1 heterocycles. The van der Waals surface area contributed by atoms with Crippen LogP contribution in [0.3, 0.4) is 0 Å². The van der Waals surface area contributed by atoms with Crippen molar-refractivity contribution in [2.24, 2.45) is 0 Å². The molecule has 0 bridgehead atoms. The molecule has 1 aromatic rings. The molecule has 1 aliphatic heterocycles. The van der Waals surface area contributed by atoms with Crippen LogP contribution in [-0.2, 0) is 0 Å². The molecule has 0 atom stereocenters. The summed E-state index contributed by atoms with van der Waals surface area (Å²) in [5.41, 5.74) is 1.27.